The van der Waals surface area contributed by atoms with Gasteiger partial charge in [0.25, 0.3) is 0 Å². The van der Waals surface area contributed by atoms with Crippen LogP contribution in [0.4, 0.5) is 14.3 Å². The monoisotopic (exact) mass is 339 g/mol. The largest absolute Gasteiger partial charge is 0.677 e. The van der Waals surface area contributed by atoms with Gasteiger partial charge in [-0.2, -0.15) is 0 Å². The maximum Gasteiger partial charge on any atom is 0.677 e. The standard InChI is InChI=1S/C19H20BF2N3/c1-11-9-13(3)24-18(11)17(15-5-7-16(23)8-6-15)19-12(2)10-14(4)25(19)20(21)22/h5-10H,23H2,1-4H3/b18-17-. The highest BCUT2D eigenvalue weighted by Crippen LogP contribution is 2.37. The van der Waals surface area contributed by atoms with Gasteiger partial charge in [-0.1, -0.05) is 12.1 Å². The van der Waals surface area contributed by atoms with Crippen molar-refractivity contribution in [2.24, 2.45) is 4.99 Å². The van der Waals surface area contributed by atoms with Crippen molar-refractivity contribution >= 4 is 24.4 Å². The Kier molecular flexibility index (Phi) is 4.37. The zero-order chi connectivity index (χ0) is 18.3. The normalized spacial score (nSPS) is 15.9. The highest BCUT2D eigenvalue weighted by atomic mass is 19.2. The van der Waals surface area contributed by atoms with E-state index in [0.29, 0.717) is 22.6 Å². The molecule has 3 rings (SSSR count). The molecule has 3 nitrogen and oxygen atoms in total. The molecule has 2 aromatic rings. The van der Waals surface area contributed by atoms with Gasteiger partial charge in [-0.3, -0.25) is 13.6 Å². The molecule has 1 aromatic heterocycles. The van der Waals surface area contributed by atoms with Crippen LogP contribution in [0.5, 0.6) is 0 Å². The summed E-state index contributed by atoms with van der Waals surface area (Å²) in [6.45, 7) is 7.40. The molecule has 2 N–H and O–H groups in total. The number of halogens is 2. The van der Waals surface area contributed by atoms with Crippen LogP contribution in [-0.2, 0) is 0 Å². The van der Waals surface area contributed by atoms with Gasteiger partial charge >= 0.3 is 7.40 Å². The molecule has 1 aliphatic heterocycles. The number of nitrogens with two attached hydrogens (primary N) is 1. The summed E-state index contributed by atoms with van der Waals surface area (Å²) in [7, 11) is -2.62. The van der Waals surface area contributed by atoms with E-state index in [9.17, 15) is 8.63 Å². The second-order valence-electron chi connectivity index (χ2n) is 6.39. The second-order valence-corrected chi connectivity index (χ2v) is 6.39. The Bertz CT molecular complexity index is 919. The molecule has 0 saturated carbocycles. The number of rotatable bonds is 3. The van der Waals surface area contributed by atoms with Crippen molar-refractivity contribution < 1.29 is 8.63 Å². The van der Waals surface area contributed by atoms with E-state index < -0.39 is 7.40 Å². The van der Waals surface area contributed by atoms with Gasteiger partial charge in [-0.05, 0) is 68.7 Å². The van der Waals surface area contributed by atoms with Crippen LogP contribution in [0.25, 0.3) is 5.57 Å². The molecule has 6 heteroatoms. The van der Waals surface area contributed by atoms with E-state index in [1.54, 1.807) is 25.1 Å². The molecular weight excluding hydrogens is 319 g/mol. The lowest BCUT2D eigenvalue weighted by Gasteiger charge is -2.16. The number of allylic oxidation sites excluding steroid dienone is 2. The van der Waals surface area contributed by atoms with E-state index in [0.717, 1.165) is 32.6 Å². The molecule has 1 aromatic carbocycles. The summed E-state index contributed by atoms with van der Waals surface area (Å²) in [4.78, 5) is 4.61. The van der Waals surface area contributed by atoms with Crippen LogP contribution < -0.4 is 5.73 Å². The Morgan fingerprint density at radius 3 is 2.24 bits per heavy atom. The lowest BCUT2D eigenvalue weighted by atomic mass is 9.94. The lowest BCUT2D eigenvalue weighted by Crippen LogP contribution is -2.18. The van der Waals surface area contributed by atoms with Gasteiger partial charge < -0.3 is 10.2 Å². The summed E-state index contributed by atoms with van der Waals surface area (Å²) in [5.74, 6) is 0. The van der Waals surface area contributed by atoms with Gasteiger partial charge in [-0.15, -0.1) is 0 Å². The topological polar surface area (TPSA) is 43.3 Å². The molecule has 0 radical (unpaired) electrons. The molecule has 2 heterocycles. The molecule has 0 saturated heterocycles. The first-order valence-corrected chi connectivity index (χ1v) is 8.10. The number of nitrogen functional groups attached to an aromatic ring is 1. The van der Waals surface area contributed by atoms with Crippen LogP contribution in [0, 0.1) is 13.8 Å². The Morgan fingerprint density at radius 1 is 1.08 bits per heavy atom. The summed E-state index contributed by atoms with van der Waals surface area (Å²) in [6.07, 6.45) is 1.96. The molecule has 128 valence electrons. The van der Waals surface area contributed by atoms with Crippen LogP contribution in [0.15, 0.2) is 52.7 Å². The van der Waals surface area contributed by atoms with Crippen molar-refractivity contribution in [1.29, 1.82) is 0 Å². The number of anilines is 1. The quantitative estimate of drug-likeness (QED) is 0.642. The van der Waals surface area contributed by atoms with Gasteiger partial charge in [0, 0.05) is 28.4 Å². The number of aryl methyl sites for hydroxylation is 2. The van der Waals surface area contributed by atoms with Crippen LogP contribution in [0.3, 0.4) is 0 Å². The van der Waals surface area contributed by atoms with Gasteiger partial charge in [0.15, 0.2) is 0 Å². The third-order valence-corrected chi connectivity index (χ3v) is 4.38. The van der Waals surface area contributed by atoms with Crippen molar-refractivity contribution in [2.75, 3.05) is 5.73 Å². The third-order valence-electron chi connectivity index (χ3n) is 4.38. The fourth-order valence-corrected chi connectivity index (χ4v) is 3.35. The molecular formula is C19H20BF2N3. The van der Waals surface area contributed by atoms with Crippen LogP contribution in [0.1, 0.15) is 36.4 Å². The van der Waals surface area contributed by atoms with Gasteiger partial charge in [-0.25, -0.2) is 0 Å². The molecule has 1 aliphatic rings. The van der Waals surface area contributed by atoms with Crippen molar-refractivity contribution in [2.45, 2.75) is 27.7 Å². The predicted octanol–water partition coefficient (Wildman–Crippen LogP) is 4.64. The number of hydrogen-bond acceptors (Lipinski definition) is 2. The minimum Gasteiger partial charge on any atom is -0.399 e. The van der Waals surface area contributed by atoms with E-state index in [2.05, 4.69) is 4.99 Å². The van der Waals surface area contributed by atoms with E-state index in [1.165, 1.54) is 0 Å². The predicted molar refractivity (Wildman–Crippen MR) is 101 cm³/mol. The van der Waals surface area contributed by atoms with Crippen molar-refractivity contribution in [1.82, 2.24) is 4.48 Å². The van der Waals surface area contributed by atoms with Crippen molar-refractivity contribution in [3.8, 4) is 0 Å². The first-order valence-electron chi connectivity index (χ1n) is 8.10. The van der Waals surface area contributed by atoms with Crippen LogP contribution in [0.2, 0.25) is 0 Å². The molecule has 0 spiro atoms. The molecule has 0 amide bonds. The smallest absolute Gasteiger partial charge is 0.399 e. The van der Waals surface area contributed by atoms with Crippen LogP contribution >= 0.6 is 0 Å². The minimum absolute atomic E-state index is 0.499. The molecule has 0 fully saturated rings. The first-order chi connectivity index (χ1) is 11.8. The van der Waals surface area contributed by atoms with Crippen LogP contribution in [-0.4, -0.2) is 17.6 Å². The number of aliphatic imine (C=N–C) groups is 1. The fraction of sp³-hybridized carbons (Fsp3) is 0.211. The number of hydrogen-bond donors (Lipinski definition) is 1. The van der Waals surface area contributed by atoms with E-state index in [1.807, 2.05) is 39.0 Å². The Hall–Kier alpha value is -2.63. The van der Waals surface area contributed by atoms with Gasteiger partial charge in [0.2, 0.25) is 0 Å². The maximum atomic E-state index is 13.8. The molecule has 25 heavy (non-hydrogen) atoms. The van der Waals surface area contributed by atoms with Crippen molar-refractivity contribution in [3.63, 3.8) is 0 Å². The summed E-state index contributed by atoms with van der Waals surface area (Å²) in [5, 5.41) is 0. The average Bonchev–Trinajstić information content (AvgIpc) is 3.01. The third kappa shape index (κ3) is 3.04. The van der Waals surface area contributed by atoms with Gasteiger partial charge in [0.1, 0.15) is 0 Å². The molecule has 0 unspecified atom stereocenters. The Labute approximate surface area is 146 Å². The summed E-state index contributed by atoms with van der Waals surface area (Å²) < 4.78 is 28.6. The maximum absolute atomic E-state index is 13.8. The molecule has 0 bridgehead atoms. The number of benzene rings is 1. The highest BCUT2D eigenvalue weighted by Gasteiger charge is 2.29. The average molecular weight is 339 g/mol. The molecule has 0 aliphatic carbocycles. The summed E-state index contributed by atoms with van der Waals surface area (Å²) >= 11 is 0. The second kappa shape index (κ2) is 6.35. The minimum atomic E-state index is -2.62. The molecule has 0 atom stereocenters. The lowest BCUT2D eigenvalue weighted by molar-refractivity contribution is 0.624. The summed E-state index contributed by atoms with van der Waals surface area (Å²) in [6, 6.07) is 9.04. The fourth-order valence-electron chi connectivity index (χ4n) is 3.35. The van der Waals surface area contributed by atoms with Crippen molar-refractivity contribution in [3.05, 3.63) is 70.2 Å². The number of aromatic nitrogens is 1. The number of nitrogens with zero attached hydrogens (tertiary/aromatic N) is 2. The Balaban J connectivity index is 2.38. The zero-order valence-corrected chi connectivity index (χ0v) is 14.8. The zero-order valence-electron chi connectivity index (χ0n) is 14.8. The summed E-state index contributed by atoms with van der Waals surface area (Å²) in [5.41, 5.74) is 12.3. The SMILES string of the molecule is CC1=CC(C)=N/C1=C(/c1ccc(N)cc1)c1c(C)cc(C)n1B(F)F. The first kappa shape index (κ1) is 17.2. The Morgan fingerprint density at radius 2 is 1.72 bits per heavy atom. The van der Waals surface area contributed by atoms with E-state index >= 15 is 0 Å². The van der Waals surface area contributed by atoms with E-state index in [-0.39, 0.29) is 0 Å². The van der Waals surface area contributed by atoms with E-state index in [4.69, 9.17) is 5.73 Å². The highest BCUT2D eigenvalue weighted by molar-refractivity contribution is 6.41. The van der Waals surface area contributed by atoms with Gasteiger partial charge in [0.05, 0.1) is 5.70 Å².